The lowest BCUT2D eigenvalue weighted by molar-refractivity contribution is 0.421. The number of benzene rings is 2. The van der Waals surface area contributed by atoms with Gasteiger partial charge in [-0.1, -0.05) is 50.6 Å². The lowest BCUT2D eigenvalue weighted by Gasteiger charge is -2.15. The van der Waals surface area contributed by atoms with Gasteiger partial charge in [-0.3, -0.25) is 4.40 Å². The van der Waals surface area contributed by atoms with Gasteiger partial charge in [0.05, 0.1) is 5.69 Å². The largest absolute Gasteiger partial charge is 0.493 e. The van der Waals surface area contributed by atoms with Crippen molar-refractivity contribution < 1.29 is 5.11 Å². The molecule has 0 saturated carbocycles. The number of nitrogens with zero attached hydrogens (tertiary/aromatic N) is 4. The molecule has 0 radical (unpaired) electrons. The van der Waals surface area contributed by atoms with Crippen LogP contribution in [0, 0.1) is 20.8 Å². The third kappa shape index (κ3) is 3.72. The van der Waals surface area contributed by atoms with E-state index in [1.54, 1.807) is 4.40 Å². The molecule has 2 aromatic heterocycles. The highest BCUT2D eigenvalue weighted by molar-refractivity contribution is 5.82. The molecule has 5 nitrogen and oxygen atoms in total. The van der Waals surface area contributed by atoms with Crippen molar-refractivity contribution in [1.82, 2.24) is 14.4 Å². The monoisotopic (exact) mass is 428 g/mol. The summed E-state index contributed by atoms with van der Waals surface area (Å²) in [5.41, 5.74) is 9.35. The van der Waals surface area contributed by atoms with Crippen molar-refractivity contribution in [3.63, 3.8) is 0 Å². The van der Waals surface area contributed by atoms with Crippen LogP contribution in [0.15, 0.2) is 42.6 Å². The fourth-order valence-corrected chi connectivity index (χ4v) is 4.33. The molecule has 166 valence electrons. The Morgan fingerprint density at radius 3 is 2.03 bits per heavy atom. The van der Waals surface area contributed by atoms with Gasteiger partial charge in [0.2, 0.25) is 5.88 Å². The molecular formula is C27H32N4O. The van der Waals surface area contributed by atoms with Gasteiger partial charge in [-0.2, -0.15) is 0 Å². The van der Waals surface area contributed by atoms with E-state index in [0.29, 0.717) is 11.3 Å². The third-order valence-electron chi connectivity index (χ3n) is 5.89. The highest BCUT2D eigenvalue weighted by atomic mass is 16.3. The SMILES string of the molecule is Cc1cc(C)c(-c2nc(-c3ccc(N(C)C)cc3)cn3c(O)c(C(C)(C)C)nc23)c(C)c1. The maximum atomic E-state index is 11.1. The minimum Gasteiger partial charge on any atom is -0.493 e. The number of imidazole rings is 1. The van der Waals surface area contributed by atoms with Gasteiger partial charge in [-0.25, -0.2) is 9.97 Å². The van der Waals surface area contributed by atoms with Crippen LogP contribution in [0.5, 0.6) is 5.88 Å². The summed E-state index contributed by atoms with van der Waals surface area (Å²) in [5, 5.41) is 11.1. The van der Waals surface area contributed by atoms with Gasteiger partial charge in [-0.05, 0) is 44.0 Å². The molecule has 0 fully saturated rings. The number of aromatic nitrogens is 3. The zero-order chi connectivity index (χ0) is 23.4. The zero-order valence-electron chi connectivity index (χ0n) is 20.3. The molecule has 0 aliphatic rings. The van der Waals surface area contributed by atoms with Gasteiger partial charge in [0.25, 0.3) is 0 Å². The van der Waals surface area contributed by atoms with Crippen LogP contribution in [-0.2, 0) is 5.41 Å². The fourth-order valence-electron chi connectivity index (χ4n) is 4.33. The Hall–Kier alpha value is -3.34. The quantitative estimate of drug-likeness (QED) is 0.431. The van der Waals surface area contributed by atoms with Crippen molar-refractivity contribution in [2.45, 2.75) is 47.0 Å². The van der Waals surface area contributed by atoms with Crippen LogP contribution in [0.4, 0.5) is 5.69 Å². The fraction of sp³-hybridized carbons (Fsp3) is 0.333. The lowest BCUT2D eigenvalue weighted by Crippen LogP contribution is -2.11. The smallest absolute Gasteiger partial charge is 0.219 e. The third-order valence-corrected chi connectivity index (χ3v) is 5.89. The molecule has 4 aromatic rings. The van der Waals surface area contributed by atoms with Gasteiger partial charge < -0.3 is 10.0 Å². The highest BCUT2D eigenvalue weighted by Gasteiger charge is 2.27. The maximum absolute atomic E-state index is 11.1. The molecule has 2 heterocycles. The van der Waals surface area contributed by atoms with Crippen LogP contribution in [0.2, 0.25) is 0 Å². The summed E-state index contributed by atoms with van der Waals surface area (Å²) < 4.78 is 1.79. The van der Waals surface area contributed by atoms with Gasteiger partial charge in [0.15, 0.2) is 5.65 Å². The summed E-state index contributed by atoms with van der Waals surface area (Å²) >= 11 is 0. The second-order valence-electron chi connectivity index (χ2n) is 9.92. The van der Waals surface area contributed by atoms with Crippen LogP contribution in [0.25, 0.3) is 28.2 Å². The molecule has 0 spiro atoms. The van der Waals surface area contributed by atoms with Crippen LogP contribution in [-0.4, -0.2) is 33.6 Å². The Morgan fingerprint density at radius 2 is 1.50 bits per heavy atom. The minimum absolute atomic E-state index is 0.171. The number of aromatic hydroxyl groups is 1. The number of aryl methyl sites for hydroxylation is 3. The van der Waals surface area contributed by atoms with Crippen molar-refractivity contribution in [3.8, 4) is 28.4 Å². The Balaban J connectivity index is 2.05. The summed E-state index contributed by atoms with van der Waals surface area (Å²) in [7, 11) is 4.05. The van der Waals surface area contributed by atoms with Gasteiger partial charge >= 0.3 is 0 Å². The standard InChI is InChI=1S/C27H32N4O/c1-16-13-17(2)22(18(3)14-16)23-25-29-24(27(4,5)6)26(32)31(25)15-21(28-23)19-9-11-20(12-10-19)30(7)8/h9-15,32H,1-8H3. The highest BCUT2D eigenvalue weighted by Crippen LogP contribution is 2.37. The van der Waals surface area contributed by atoms with E-state index < -0.39 is 0 Å². The number of hydrogen-bond acceptors (Lipinski definition) is 4. The summed E-state index contributed by atoms with van der Waals surface area (Å²) in [6.07, 6.45) is 1.89. The van der Waals surface area contributed by atoms with Crippen molar-refractivity contribution in [2.24, 2.45) is 0 Å². The Bertz CT molecular complexity index is 1290. The van der Waals surface area contributed by atoms with E-state index in [9.17, 15) is 5.11 Å². The van der Waals surface area contributed by atoms with Crippen molar-refractivity contribution in [3.05, 3.63) is 65.0 Å². The van der Waals surface area contributed by atoms with Crippen LogP contribution in [0.3, 0.4) is 0 Å². The van der Waals surface area contributed by atoms with Crippen LogP contribution >= 0.6 is 0 Å². The molecule has 32 heavy (non-hydrogen) atoms. The first-order valence-electron chi connectivity index (χ1n) is 11.0. The number of anilines is 1. The number of hydrogen-bond donors (Lipinski definition) is 1. The summed E-state index contributed by atoms with van der Waals surface area (Å²) in [6.45, 7) is 12.5. The van der Waals surface area contributed by atoms with Gasteiger partial charge in [0.1, 0.15) is 11.4 Å². The van der Waals surface area contributed by atoms with E-state index in [1.807, 2.05) is 20.3 Å². The van der Waals surface area contributed by atoms with E-state index in [4.69, 9.17) is 9.97 Å². The molecule has 4 rings (SSSR count). The first kappa shape index (κ1) is 21.9. The number of rotatable bonds is 3. The van der Waals surface area contributed by atoms with E-state index in [2.05, 4.69) is 82.8 Å². The Kier molecular flexibility index (Phi) is 5.24. The van der Waals surface area contributed by atoms with E-state index >= 15 is 0 Å². The predicted molar refractivity (Wildman–Crippen MR) is 133 cm³/mol. The molecule has 0 atom stereocenters. The van der Waals surface area contributed by atoms with Crippen LogP contribution in [0.1, 0.15) is 43.2 Å². The predicted octanol–water partition coefficient (Wildman–Crippen LogP) is 6.06. The Morgan fingerprint density at radius 1 is 0.906 bits per heavy atom. The average Bonchev–Trinajstić information content (AvgIpc) is 3.04. The molecule has 0 amide bonds. The summed E-state index contributed by atoms with van der Waals surface area (Å²) in [5.74, 6) is 0.171. The zero-order valence-corrected chi connectivity index (χ0v) is 20.3. The molecule has 2 aromatic carbocycles. The normalized spacial score (nSPS) is 11.9. The summed E-state index contributed by atoms with van der Waals surface area (Å²) in [6, 6.07) is 12.6. The summed E-state index contributed by atoms with van der Waals surface area (Å²) in [4.78, 5) is 12.0. The second-order valence-corrected chi connectivity index (χ2v) is 9.92. The molecule has 5 heteroatoms. The minimum atomic E-state index is -0.293. The average molecular weight is 429 g/mol. The first-order valence-corrected chi connectivity index (χ1v) is 11.0. The van der Waals surface area contributed by atoms with E-state index in [-0.39, 0.29) is 11.3 Å². The second kappa shape index (κ2) is 7.66. The molecular weight excluding hydrogens is 396 g/mol. The molecule has 1 N–H and O–H groups in total. The first-order chi connectivity index (χ1) is 15.0. The number of fused-ring (bicyclic) bond motifs is 1. The molecule has 0 aliphatic heterocycles. The van der Waals surface area contributed by atoms with Gasteiger partial charge in [0, 0.05) is 42.5 Å². The molecule has 0 unspecified atom stereocenters. The molecule has 0 bridgehead atoms. The van der Waals surface area contributed by atoms with Crippen molar-refractivity contribution >= 4 is 11.3 Å². The van der Waals surface area contributed by atoms with Crippen molar-refractivity contribution in [1.29, 1.82) is 0 Å². The van der Waals surface area contributed by atoms with E-state index in [1.165, 1.54) is 5.56 Å². The van der Waals surface area contributed by atoms with Crippen LogP contribution < -0.4 is 4.90 Å². The lowest BCUT2D eigenvalue weighted by atomic mass is 9.92. The van der Waals surface area contributed by atoms with Gasteiger partial charge in [-0.15, -0.1) is 0 Å². The topological polar surface area (TPSA) is 53.7 Å². The van der Waals surface area contributed by atoms with E-state index in [0.717, 1.165) is 39.3 Å². The Labute approximate surface area is 190 Å². The van der Waals surface area contributed by atoms with Crippen molar-refractivity contribution in [2.75, 3.05) is 19.0 Å². The maximum Gasteiger partial charge on any atom is 0.219 e. The molecule has 0 saturated heterocycles. The molecule has 0 aliphatic carbocycles.